The number of aliphatic hydroxyl groups excluding tert-OH is 1. The monoisotopic (exact) mass is 337 g/mol. The molecule has 1 aromatic carbocycles. The fraction of sp³-hybridized carbons (Fsp3) is 0.538. The zero-order valence-electron chi connectivity index (χ0n) is 10.9. The number of aliphatic hydroxyl groups is 1. The van der Waals surface area contributed by atoms with Crippen LogP contribution >= 0.6 is 23.2 Å². The minimum atomic E-state index is -3.69. The summed E-state index contributed by atoms with van der Waals surface area (Å²) in [5, 5.41) is 9.50. The number of benzene rings is 1. The Labute approximate surface area is 129 Å². The predicted molar refractivity (Wildman–Crippen MR) is 79.6 cm³/mol. The summed E-state index contributed by atoms with van der Waals surface area (Å²) in [7, 11) is -3.69. The van der Waals surface area contributed by atoms with Gasteiger partial charge in [-0.05, 0) is 30.5 Å². The van der Waals surface area contributed by atoms with Gasteiger partial charge >= 0.3 is 0 Å². The molecule has 0 unspecified atom stereocenters. The number of rotatable bonds is 4. The van der Waals surface area contributed by atoms with Gasteiger partial charge in [0.2, 0.25) is 10.0 Å². The van der Waals surface area contributed by atoms with Crippen molar-refractivity contribution in [2.24, 2.45) is 0 Å². The van der Waals surface area contributed by atoms with Gasteiger partial charge < -0.3 is 5.11 Å². The van der Waals surface area contributed by atoms with Crippen molar-refractivity contribution >= 4 is 33.2 Å². The van der Waals surface area contributed by atoms with E-state index in [0.29, 0.717) is 5.56 Å². The normalized spacial score (nSPS) is 17.4. The lowest BCUT2D eigenvalue weighted by Crippen LogP contribution is -2.36. The van der Waals surface area contributed by atoms with Crippen molar-refractivity contribution in [1.29, 1.82) is 0 Å². The molecule has 0 aromatic heterocycles. The maximum Gasteiger partial charge on any atom is 0.242 e. The second kappa shape index (κ2) is 6.62. The van der Waals surface area contributed by atoms with Crippen LogP contribution in [0, 0.1) is 0 Å². The van der Waals surface area contributed by atoms with E-state index in [-0.39, 0.29) is 27.6 Å². The first-order valence-corrected chi connectivity index (χ1v) is 8.79. The van der Waals surface area contributed by atoms with Gasteiger partial charge in [-0.1, -0.05) is 42.5 Å². The first-order valence-electron chi connectivity index (χ1n) is 6.55. The Bertz CT molecular complexity index is 584. The highest BCUT2D eigenvalue weighted by molar-refractivity contribution is 7.89. The van der Waals surface area contributed by atoms with E-state index in [4.69, 9.17) is 23.2 Å². The number of hydrogen-bond donors (Lipinski definition) is 2. The van der Waals surface area contributed by atoms with Gasteiger partial charge in [0.15, 0.2) is 0 Å². The lowest BCUT2D eigenvalue weighted by Gasteiger charge is -2.23. The molecule has 0 bridgehead atoms. The summed E-state index contributed by atoms with van der Waals surface area (Å²) < 4.78 is 27.4. The lowest BCUT2D eigenvalue weighted by molar-refractivity contribution is 0.281. The van der Waals surface area contributed by atoms with Crippen LogP contribution in [0.1, 0.15) is 37.7 Å². The van der Waals surface area contributed by atoms with Gasteiger partial charge in [0, 0.05) is 11.1 Å². The second-order valence-electron chi connectivity index (χ2n) is 4.99. The average Bonchev–Trinajstić information content (AvgIpc) is 2.39. The number of nitrogens with one attached hydrogen (secondary N) is 1. The molecule has 112 valence electrons. The highest BCUT2D eigenvalue weighted by Crippen LogP contribution is 2.29. The maximum atomic E-state index is 12.4. The van der Waals surface area contributed by atoms with Crippen LogP contribution in [0.25, 0.3) is 0 Å². The Morgan fingerprint density at radius 1 is 1.15 bits per heavy atom. The summed E-state index contributed by atoms with van der Waals surface area (Å²) in [5.41, 5.74) is 0.347. The number of halogens is 2. The Balaban J connectivity index is 2.28. The lowest BCUT2D eigenvalue weighted by atomic mass is 9.96. The first kappa shape index (κ1) is 16.0. The molecular formula is C13H17Cl2NO3S. The van der Waals surface area contributed by atoms with Crippen LogP contribution in [-0.2, 0) is 16.6 Å². The molecule has 20 heavy (non-hydrogen) atoms. The smallest absolute Gasteiger partial charge is 0.242 e. The third kappa shape index (κ3) is 3.65. The molecule has 7 heteroatoms. The van der Waals surface area contributed by atoms with Gasteiger partial charge in [-0.3, -0.25) is 0 Å². The number of sulfonamides is 1. The summed E-state index contributed by atoms with van der Waals surface area (Å²) in [4.78, 5) is -0.0295. The van der Waals surface area contributed by atoms with E-state index in [1.165, 1.54) is 12.1 Å². The van der Waals surface area contributed by atoms with E-state index in [0.717, 1.165) is 32.1 Å². The molecule has 0 spiro atoms. The molecule has 0 heterocycles. The highest BCUT2D eigenvalue weighted by Gasteiger charge is 2.24. The summed E-state index contributed by atoms with van der Waals surface area (Å²) in [6.45, 7) is -0.331. The van der Waals surface area contributed by atoms with Crippen LogP contribution in [0.2, 0.25) is 10.0 Å². The molecular weight excluding hydrogens is 321 g/mol. The molecule has 0 atom stereocenters. The summed E-state index contributed by atoms with van der Waals surface area (Å²) >= 11 is 11.9. The molecule has 0 radical (unpaired) electrons. The van der Waals surface area contributed by atoms with Crippen LogP contribution in [-0.4, -0.2) is 19.6 Å². The highest BCUT2D eigenvalue weighted by atomic mass is 35.5. The van der Waals surface area contributed by atoms with Crippen molar-refractivity contribution in [1.82, 2.24) is 4.72 Å². The van der Waals surface area contributed by atoms with E-state index in [2.05, 4.69) is 4.72 Å². The minimum absolute atomic E-state index is 0.0295. The molecule has 0 amide bonds. The first-order chi connectivity index (χ1) is 9.44. The van der Waals surface area contributed by atoms with Crippen molar-refractivity contribution in [2.45, 2.75) is 49.6 Å². The molecule has 1 aliphatic carbocycles. The van der Waals surface area contributed by atoms with E-state index in [1.54, 1.807) is 0 Å². The molecule has 1 saturated carbocycles. The molecule has 1 fully saturated rings. The van der Waals surface area contributed by atoms with Crippen LogP contribution in [0.4, 0.5) is 0 Å². The van der Waals surface area contributed by atoms with Crippen molar-refractivity contribution in [3.8, 4) is 0 Å². The van der Waals surface area contributed by atoms with Crippen LogP contribution < -0.4 is 4.72 Å². The van der Waals surface area contributed by atoms with E-state index in [9.17, 15) is 13.5 Å². The minimum Gasteiger partial charge on any atom is -0.392 e. The SMILES string of the molecule is O=S(=O)(NC1CCCCC1)c1cc(CO)c(Cl)cc1Cl. The molecule has 1 aliphatic rings. The zero-order valence-corrected chi connectivity index (χ0v) is 13.2. The van der Waals surface area contributed by atoms with Gasteiger partial charge in [0.1, 0.15) is 4.90 Å². The van der Waals surface area contributed by atoms with Crippen LogP contribution in [0.5, 0.6) is 0 Å². The average molecular weight is 338 g/mol. The largest absolute Gasteiger partial charge is 0.392 e. The molecule has 4 nitrogen and oxygen atoms in total. The number of hydrogen-bond acceptors (Lipinski definition) is 3. The molecule has 0 aliphatic heterocycles. The Morgan fingerprint density at radius 3 is 2.40 bits per heavy atom. The van der Waals surface area contributed by atoms with Gasteiger partial charge in [0.25, 0.3) is 0 Å². The fourth-order valence-electron chi connectivity index (χ4n) is 2.40. The summed E-state index contributed by atoms with van der Waals surface area (Å²) in [6, 6.07) is 2.64. The van der Waals surface area contributed by atoms with Crippen molar-refractivity contribution in [3.05, 3.63) is 27.7 Å². The quantitative estimate of drug-likeness (QED) is 0.887. The third-order valence-electron chi connectivity index (χ3n) is 3.49. The van der Waals surface area contributed by atoms with Crippen molar-refractivity contribution in [3.63, 3.8) is 0 Å². The van der Waals surface area contributed by atoms with E-state index in [1.807, 2.05) is 0 Å². The van der Waals surface area contributed by atoms with Crippen LogP contribution in [0.15, 0.2) is 17.0 Å². The molecule has 1 aromatic rings. The summed E-state index contributed by atoms with van der Waals surface area (Å²) in [5.74, 6) is 0. The van der Waals surface area contributed by atoms with Crippen LogP contribution in [0.3, 0.4) is 0 Å². The molecule has 0 saturated heterocycles. The Hall–Kier alpha value is -0.330. The van der Waals surface area contributed by atoms with Gasteiger partial charge in [0.05, 0.1) is 11.6 Å². The summed E-state index contributed by atoms with van der Waals surface area (Å²) in [6.07, 6.45) is 4.90. The predicted octanol–water partition coefficient (Wildman–Crippen LogP) is 3.10. The Morgan fingerprint density at radius 2 is 1.80 bits per heavy atom. The topological polar surface area (TPSA) is 66.4 Å². The van der Waals surface area contributed by atoms with Crippen molar-refractivity contribution < 1.29 is 13.5 Å². The third-order valence-corrected chi connectivity index (χ3v) is 5.82. The Kier molecular flexibility index (Phi) is 5.31. The standard InChI is InChI=1S/C13H17Cl2NO3S/c14-11-7-12(15)13(6-9(11)8-17)20(18,19)16-10-4-2-1-3-5-10/h6-7,10,16-17H,1-5,8H2. The molecule has 2 rings (SSSR count). The van der Waals surface area contributed by atoms with Gasteiger partial charge in [-0.15, -0.1) is 0 Å². The van der Waals surface area contributed by atoms with Gasteiger partial charge in [-0.25, -0.2) is 13.1 Å². The van der Waals surface area contributed by atoms with Crippen molar-refractivity contribution in [2.75, 3.05) is 0 Å². The van der Waals surface area contributed by atoms with E-state index < -0.39 is 10.0 Å². The van der Waals surface area contributed by atoms with Gasteiger partial charge in [-0.2, -0.15) is 0 Å². The maximum absolute atomic E-state index is 12.4. The zero-order chi connectivity index (χ0) is 14.8. The second-order valence-corrected chi connectivity index (χ2v) is 7.49. The van der Waals surface area contributed by atoms with E-state index >= 15 is 0 Å². The fourth-order valence-corrected chi connectivity index (χ4v) is 4.56. The molecule has 2 N–H and O–H groups in total.